The monoisotopic (exact) mass is 627 g/mol. The molecule has 3 unspecified atom stereocenters. The van der Waals surface area contributed by atoms with Crippen LogP contribution < -0.4 is 0 Å². The van der Waals surface area contributed by atoms with Gasteiger partial charge in [-0.1, -0.05) is 6.64 Å². The highest BCUT2D eigenvalue weighted by atomic mass is 31.0. The molecule has 0 amide bonds. The molecule has 0 aliphatic carbocycles. The Morgan fingerprint density at radius 1 is 0.909 bits per heavy atom. The number of aromatic nitrogens is 4. The number of fused-ring (bicyclic) bond motifs is 2. The lowest BCUT2D eigenvalue weighted by molar-refractivity contribution is -0.110. The summed E-state index contributed by atoms with van der Waals surface area (Å²) in [5.41, 5.74) is 2.64. The van der Waals surface area contributed by atoms with Crippen LogP contribution in [0.3, 0.4) is 0 Å². The number of aldehydes is 1. The van der Waals surface area contributed by atoms with Crippen molar-refractivity contribution in [2.45, 2.75) is 92.5 Å². The third-order valence-electron chi connectivity index (χ3n) is 6.53. The van der Waals surface area contributed by atoms with E-state index in [0.717, 1.165) is 17.4 Å². The summed E-state index contributed by atoms with van der Waals surface area (Å²) >= 11 is 0. The fraction of sp³-hybridized carbons (Fsp3) is 0.485. The van der Waals surface area contributed by atoms with Crippen LogP contribution in [0.2, 0.25) is 0 Å². The minimum absolute atomic E-state index is 0.0189. The number of carbonyl (C=O) groups excluding carboxylic acids is 3. The minimum atomic E-state index is -0.573. The summed E-state index contributed by atoms with van der Waals surface area (Å²) < 4.78 is 20.8. The molecule has 0 bridgehead atoms. The molecule has 4 rings (SSSR count). The van der Waals surface area contributed by atoms with E-state index < -0.39 is 23.2 Å². The molecule has 0 aliphatic heterocycles. The molecule has 44 heavy (non-hydrogen) atoms. The maximum Gasteiger partial charge on any atom is 0.341 e. The Bertz CT molecular complexity index is 1630. The van der Waals surface area contributed by atoms with Crippen molar-refractivity contribution in [1.29, 1.82) is 0 Å². The van der Waals surface area contributed by atoms with Crippen molar-refractivity contribution in [2.75, 3.05) is 13.2 Å². The molecule has 4 aromatic rings. The molecule has 0 fully saturated rings. The van der Waals surface area contributed by atoms with Gasteiger partial charge in [0.15, 0.2) is 0 Å². The third kappa shape index (κ3) is 8.30. The van der Waals surface area contributed by atoms with E-state index in [-0.39, 0.29) is 18.6 Å². The summed E-state index contributed by atoms with van der Waals surface area (Å²) in [4.78, 5) is 44.8. The van der Waals surface area contributed by atoms with Crippen LogP contribution in [0.4, 0.5) is 0 Å². The maximum absolute atomic E-state index is 12.5. The molecule has 0 spiro atoms. The molecule has 11 heteroatoms. The van der Waals surface area contributed by atoms with Crippen molar-refractivity contribution in [3.63, 3.8) is 0 Å². The number of hydrogen-bond acceptors (Lipinski definition) is 8. The normalized spacial score (nSPS) is 13.1. The zero-order valence-corrected chi connectivity index (χ0v) is 28.6. The first-order valence-electron chi connectivity index (χ1n) is 15.1. The van der Waals surface area contributed by atoms with Crippen molar-refractivity contribution >= 4 is 49.5 Å². The van der Waals surface area contributed by atoms with Crippen LogP contribution in [0.1, 0.15) is 101 Å². The third-order valence-corrected chi connectivity index (χ3v) is 6.53. The maximum atomic E-state index is 12.5. The molecule has 0 saturated carbocycles. The Hall–Kier alpha value is -3.62. The van der Waals surface area contributed by atoms with E-state index in [4.69, 9.17) is 10.8 Å². The van der Waals surface area contributed by atoms with Crippen LogP contribution in [-0.2, 0) is 14.3 Å². The predicted octanol–water partition coefficient (Wildman–Crippen LogP) is 6.40. The minimum Gasteiger partial charge on any atom is -0.456 e. The van der Waals surface area contributed by atoms with Gasteiger partial charge in [-0.3, -0.25) is 0 Å². The molecular formula is C33H47N4O6P. The van der Waals surface area contributed by atoms with Gasteiger partial charge in [0.2, 0.25) is 0 Å². The number of ether oxygens (including phenoxy) is 2. The van der Waals surface area contributed by atoms with E-state index in [0.29, 0.717) is 40.1 Å². The van der Waals surface area contributed by atoms with Gasteiger partial charge >= 0.3 is 11.9 Å². The number of rotatable bonds is 6. The standard InChI is InChI=1S/C16H22N2O3.C16H20N2O3.CH5P/c2*1-10(9-19)18-11(2)13(15(20)21-16(3,4)5)12-7-6-8-17-14(12)18;1-2/h6-8,10,19H,9H2,1-5H3;6-10H,1-5H3;2H2,1H3/i;;1D. The lowest BCUT2D eigenvalue weighted by atomic mass is 10.1. The average molecular weight is 628 g/mol. The zero-order chi connectivity index (χ0) is 34.3. The molecule has 1 N–H and O–H groups in total. The van der Waals surface area contributed by atoms with Gasteiger partial charge in [0, 0.05) is 35.9 Å². The van der Waals surface area contributed by atoms with Crippen LogP contribution >= 0.6 is 9.24 Å². The van der Waals surface area contributed by atoms with E-state index >= 15 is 0 Å². The van der Waals surface area contributed by atoms with Crippen LogP contribution in [-0.4, -0.2) is 66.9 Å². The fourth-order valence-electron chi connectivity index (χ4n) is 4.87. The number of aliphatic hydroxyl groups excluding tert-OH is 1. The SMILES string of the molecule is Cc1c(C(=O)OC(C)(C)C)c2cccnc2n1C(C)C=O.Cc1c(C(=O)OC(C)(C)C)c2cccnc2n1C(C)CO.[2H]CP. The van der Waals surface area contributed by atoms with E-state index in [1.165, 1.54) is 0 Å². The molecule has 0 radical (unpaired) electrons. The smallest absolute Gasteiger partial charge is 0.341 e. The highest BCUT2D eigenvalue weighted by Crippen LogP contribution is 2.30. The summed E-state index contributed by atoms with van der Waals surface area (Å²) in [5, 5.41) is 10.9. The van der Waals surface area contributed by atoms with E-state index in [2.05, 4.69) is 19.2 Å². The Morgan fingerprint density at radius 2 is 1.30 bits per heavy atom. The summed E-state index contributed by atoms with van der Waals surface area (Å²) in [6.07, 6.45) is 4.16. The number of esters is 2. The van der Waals surface area contributed by atoms with Crippen molar-refractivity contribution in [3.05, 3.63) is 59.2 Å². The summed E-state index contributed by atoms with van der Waals surface area (Å²) in [6, 6.07) is 6.70. The highest BCUT2D eigenvalue weighted by molar-refractivity contribution is 7.15. The fourth-order valence-corrected chi connectivity index (χ4v) is 4.87. The Kier molecular flexibility index (Phi) is 11.8. The first-order chi connectivity index (χ1) is 20.9. The number of aliphatic hydroxyl groups is 1. The molecular weight excluding hydrogens is 579 g/mol. The first kappa shape index (κ1) is 34.9. The largest absolute Gasteiger partial charge is 0.456 e. The Labute approximate surface area is 263 Å². The van der Waals surface area contributed by atoms with Crippen LogP contribution in [0.25, 0.3) is 22.1 Å². The molecule has 4 aromatic heterocycles. The zero-order valence-electron chi connectivity index (χ0n) is 28.5. The molecule has 0 aromatic carbocycles. The van der Waals surface area contributed by atoms with Crippen LogP contribution in [0.15, 0.2) is 36.7 Å². The van der Waals surface area contributed by atoms with Crippen molar-refractivity contribution < 1.29 is 30.3 Å². The van der Waals surface area contributed by atoms with Gasteiger partial charge in [-0.15, -0.1) is 9.24 Å². The van der Waals surface area contributed by atoms with Crippen molar-refractivity contribution in [2.24, 2.45) is 0 Å². The average Bonchev–Trinajstić information content (AvgIpc) is 3.41. The van der Waals surface area contributed by atoms with E-state index in [1.54, 1.807) is 42.9 Å². The molecule has 3 atom stereocenters. The van der Waals surface area contributed by atoms with Crippen LogP contribution in [0, 0.1) is 13.8 Å². The second kappa shape index (κ2) is 14.9. The molecule has 240 valence electrons. The van der Waals surface area contributed by atoms with E-state index in [9.17, 15) is 19.5 Å². The second-order valence-corrected chi connectivity index (χ2v) is 12.3. The Morgan fingerprint density at radius 3 is 1.66 bits per heavy atom. The quantitative estimate of drug-likeness (QED) is 0.148. The van der Waals surface area contributed by atoms with Crippen LogP contribution in [0.5, 0.6) is 0 Å². The molecule has 0 saturated heterocycles. The molecule has 10 nitrogen and oxygen atoms in total. The highest BCUT2D eigenvalue weighted by Gasteiger charge is 2.28. The summed E-state index contributed by atoms with van der Waals surface area (Å²) in [6.45, 7) is 18.7. The number of hydrogen-bond donors (Lipinski definition) is 1. The molecule has 4 heterocycles. The van der Waals surface area contributed by atoms with Gasteiger partial charge in [-0.2, -0.15) is 0 Å². The summed E-state index contributed by atoms with van der Waals surface area (Å²) in [5.74, 6) is -0.753. The topological polar surface area (TPSA) is 126 Å². The van der Waals surface area contributed by atoms with Gasteiger partial charge in [0.05, 0.1) is 29.8 Å². The first-order valence-corrected chi connectivity index (χ1v) is 15.2. The second-order valence-electron chi connectivity index (χ2n) is 12.3. The van der Waals surface area contributed by atoms with Gasteiger partial charge in [0.25, 0.3) is 0 Å². The Balaban J connectivity index is 0.000000288. The van der Waals surface area contributed by atoms with Crippen molar-refractivity contribution in [1.82, 2.24) is 19.1 Å². The number of carbonyl (C=O) groups is 3. The summed E-state index contributed by atoms with van der Waals surface area (Å²) in [7, 11) is 2.25. The van der Waals surface area contributed by atoms with Gasteiger partial charge in [-0.25, -0.2) is 19.6 Å². The van der Waals surface area contributed by atoms with Gasteiger partial charge in [0.1, 0.15) is 28.8 Å². The predicted molar refractivity (Wildman–Crippen MR) is 177 cm³/mol. The lowest BCUT2D eigenvalue weighted by Crippen LogP contribution is -2.24. The molecule has 0 aliphatic rings. The van der Waals surface area contributed by atoms with E-state index in [1.807, 2.05) is 72.1 Å². The number of nitrogens with zero attached hydrogens (tertiary/aromatic N) is 4. The van der Waals surface area contributed by atoms with Gasteiger partial charge in [-0.05, 0) is 93.5 Å². The van der Waals surface area contributed by atoms with Gasteiger partial charge < -0.3 is 28.5 Å². The number of pyridine rings is 2. The lowest BCUT2D eigenvalue weighted by Gasteiger charge is -2.20. The van der Waals surface area contributed by atoms with Crippen molar-refractivity contribution in [3.8, 4) is 0 Å².